The zero-order valence-corrected chi connectivity index (χ0v) is 19.7. The summed E-state index contributed by atoms with van der Waals surface area (Å²) in [7, 11) is -3.48. The van der Waals surface area contributed by atoms with E-state index in [0.29, 0.717) is 30.5 Å². The van der Waals surface area contributed by atoms with E-state index in [9.17, 15) is 23.1 Å². The van der Waals surface area contributed by atoms with Gasteiger partial charge in [-0.05, 0) is 55.7 Å². The highest BCUT2D eigenvalue weighted by molar-refractivity contribution is 7.92. The van der Waals surface area contributed by atoms with Gasteiger partial charge < -0.3 is 9.52 Å². The van der Waals surface area contributed by atoms with E-state index in [4.69, 9.17) is 4.42 Å². The molecule has 1 aromatic carbocycles. The summed E-state index contributed by atoms with van der Waals surface area (Å²) in [6.07, 6.45) is 6.29. The number of hydrogen-bond acceptors (Lipinski definition) is 6. The molecule has 1 fully saturated rings. The van der Waals surface area contributed by atoms with Gasteiger partial charge in [-0.3, -0.25) is 9.52 Å². The van der Waals surface area contributed by atoms with Crippen LogP contribution in [0.15, 0.2) is 33.5 Å². The van der Waals surface area contributed by atoms with Gasteiger partial charge in [0.25, 0.3) is 0 Å². The number of aryl methyl sites for hydroxylation is 1. The quantitative estimate of drug-likeness (QED) is 0.573. The van der Waals surface area contributed by atoms with Crippen LogP contribution in [0.4, 0.5) is 5.69 Å². The summed E-state index contributed by atoms with van der Waals surface area (Å²) < 4.78 is 33.0. The predicted molar refractivity (Wildman–Crippen MR) is 126 cm³/mol. The van der Waals surface area contributed by atoms with Gasteiger partial charge in [-0.2, -0.15) is 0 Å². The van der Waals surface area contributed by atoms with E-state index in [1.807, 2.05) is 13.0 Å². The van der Waals surface area contributed by atoms with Crippen molar-refractivity contribution in [2.24, 2.45) is 5.92 Å². The highest BCUT2D eigenvalue weighted by Gasteiger charge is 2.39. The highest BCUT2D eigenvalue weighted by atomic mass is 32.2. The van der Waals surface area contributed by atoms with Crippen LogP contribution in [0, 0.1) is 5.92 Å². The smallest absolute Gasteiger partial charge is 0.343 e. The Kier molecular flexibility index (Phi) is 6.93. The fourth-order valence-corrected chi connectivity index (χ4v) is 5.91. The summed E-state index contributed by atoms with van der Waals surface area (Å²) in [5.74, 6) is -0.495. The molecule has 1 saturated carbocycles. The minimum Gasteiger partial charge on any atom is -0.506 e. The summed E-state index contributed by atoms with van der Waals surface area (Å²) in [5, 5.41) is 11.2. The number of anilines is 1. The summed E-state index contributed by atoms with van der Waals surface area (Å²) in [5.41, 5.74) is 0.766. The van der Waals surface area contributed by atoms with E-state index in [0.717, 1.165) is 38.5 Å². The summed E-state index contributed by atoms with van der Waals surface area (Å²) >= 11 is 0. The van der Waals surface area contributed by atoms with Crippen molar-refractivity contribution in [1.82, 2.24) is 0 Å². The second-order valence-corrected chi connectivity index (χ2v) is 11.0. The van der Waals surface area contributed by atoms with E-state index in [1.54, 1.807) is 18.2 Å². The molecule has 1 aromatic heterocycles. The summed E-state index contributed by atoms with van der Waals surface area (Å²) in [6, 6.07) is 6.94. The van der Waals surface area contributed by atoms with E-state index in [2.05, 4.69) is 4.72 Å². The second kappa shape index (κ2) is 9.71. The number of nitrogens with one attached hydrogen (secondary N) is 1. The predicted octanol–water partition coefficient (Wildman–Crippen LogP) is 4.73. The first-order chi connectivity index (χ1) is 15.8. The molecule has 0 amide bonds. The van der Waals surface area contributed by atoms with Crippen molar-refractivity contribution < 1.29 is 22.7 Å². The van der Waals surface area contributed by atoms with Crippen LogP contribution in [0.2, 0.25) is 0 Å². The van der Waals surface area contributed by atoms with Crippen LogP contribution in [-0.4, -0.2) is 25.1 Å². The number of carbonyl (C=O) groups is 1. The van der Waals surface area contributed by atoms with Gasteiger partial charge in [0.15, 0.2) is 5.78 Å². The minimum atomic E-state index is -3.48. The Morgan fingerprint density at radius 3 is 2.64 bits per heavy atom. The van der Waals surface area contributed by atoms with Gasteiger partial charge in [-0.25, -0.2) is 13.2 Å². The van der Waals surface area contributed by atoms with Crippen molar-refractivity contribution in [3.63, 3.8) is 0 Å². The molecular weight excluding hydrogens is 442 g/mol. The molecule has 0 aliphatic heterocycles. The lowest BCUT2D eigenvalue weighted by molar-refractivity contribution is 0.0968. The molecule has 1 unspecified atom stereocenters. The molecule has 0 radical (unpaired) electrons. The Bertz CT molecular complexity index is 1200. The van der Waals surface area contributed by atoms with Crippen molar-refractivity contribution in [3.05, 3.63) is 57.1 Å². The Hall–Kier alpha value is -2.61. The maximum absolute atomic E-state index is 13.0. The van der Waals surface area contributed by atoms with Crippen LogP contribution >= 0.6 is 0 Å². The molecule has 33 heavy (non-hydrogen) atoms. The molecule has 0 spiro atoms. The van der Waals surface area contributed by atoms with Crippen molar-refractivity contribution in [3.8, 4) is 5.75 Å². The molecule has 2 N–H and O–H groups in total. The van der Waals surface area contributed by atoms with Crippen molar-refractivity contribution in [1.29, 1.82) is 0 Å². The number of carbonyl (C=O) groups excluding carboxylic acids is 1. The molecule has 8 heteroatoms. The number of Topliss-reactive ketones (excluding diaryl/α,β-unsaturated/α-hetero) is 1. The molecule has 2 aliphatic rings. The maximum atomic E-state index is 13.0. The molecule has 0 bridgehead atoms. The lowest BCUT2D eigenvalue weighted by Gasteiger charge is -2.21. The average molecular weight is 474 g/mol. The Labute approximate surface area is 194 Å². The lowest BCUT2D eigenvalue weighted by Crippen LogP contribution is -2.21. The van der Waals surface area contributed by atoms with Gasteiger partial charge in [0.1, 0.15) is 11.5 Å². The highest BCUT2D eigenvalue weighted by Crippen LogP contribution is 2.49. The standard InChI is InChI=1S/C25H31NO6S/c1-2-3-14-33(30,31)26-18-9-7-8-17(15-18)21(16-12-13-16)23-24(28)22-19(27)10-5-4-6-11-20(22)32-25(23)29/h7-9,15-16,21,26,28H,2-6,10-14H2,1H3. The molecule has 178 valence electrons. The third-order valence-corrected chi connectivity index (χ3v) is 7.86. The lowest BCUT2D eigenvalue weighted by atomic mass is 9.85. The number of ketones is 1. The summed E-state index contributed by atoms with van der Waals surface area (Å²) in [6.45, 7) is 1.93. The molecule has 7 nitrogen and oxygen atoms in total. The number of aromatic hydroxyl groups is 1. The average Bonchev–Trinajstić information content (AvgIpc) is 3.58. The number of fused-ring (bicyclic) bond motifs is 1. The van der Waals surface area contributed by atoms with Gasteiger partial charge in [0.05, 0.1) is 16.9 Å². The third kappa shape index (κ3) is 5.32. The summed E-state index contributed by atoms with van der Waals surface area (Å²) in [4.78, 5) is 25.8. The fourth-order valence-electron chi connectivity index (χ4n) is 4.66. The first kappa shape index (κ1) is 23.5. The first-order valence-electron chi connectivity index (χ1n) is 11.8. The van der Waals surface area contributed by atoms with Crippen molar-refractivity contribution in [2.75, 3.05) is 10.5 Å². The zero-order valence-electron chi connectivity index (χ0n) is 18.9. The van der Waals surface area contributed by atoms with Crippen molar-refractivity contribution >= 4 is 21.5 Å². The van der Waals surface area contributed by atoms with Crippen LogP contribution in [0.1, 0.15) is 91.5 Å². The number of sulfonamides is 1. The monoisotopic (exact) mass is 473 g/mol. The Balaban J connectivity index is 1.75. The van der Waals surface area contributed by atoms with Crippen LogP contribution in [-0.2, 0) is 16.4 Å². The number of rotatable bonds is 8. The van der Waals surface area contributed by atoms with E-state index >= 15 is 0 Å². The first-order valence-corrected chi connectivity index (χ1v) is 13.5. The molecule has 2 aliphatic carbocycles. The Morgan fingerprint density at radius 1 is 1.15 bits per heavy atom. The molecule has 1 atom stereocenters. The largest absolute Gasteiger partial charge is 0.506 e. The van der Waals surface area contributed by atoms with Gasteiger partial charge in [-0.1, -0.05) is 31.9 Å². The molecule has 4 rings (SSSR count). The van der Waals surface area contributed by atoms with E-state index in [1.165, 1.54) is 0 Å². The normalized spacial score (nSPS) is 17.7. The topological polar surface area (TPSA) is 114 Å². The molecule has 0 saturated heterocycles. The van der Waals surface area contributed by atoms with Crippen LogP contribution in [0.5, 0.6) is 5.75 Å². The van der Waals surface area contributed by atoms with E-state index in [-0.39, 0.29) is 40.1 Å². The van der Waals surface area contributed by atoms with Crippen LogP contribution < -0.4 is 10.3 Å². The third-order valence-electron chi connectivity index (χ3n) is 6.48. The molecule has 2 aromatic rings. The van der Waals surface area contributed by atoms with Crippen LogP contribution in [0.3, 0.4) is 0 Å². The van der Waals surface area contributed by atoms with Gasteiger partial charge in [0, 0.05) is 24.4 Å². The minimum absolute atomic E-state index is 0.0388. The maximum Gasteiger partial charge on any atom is 0.343 e. The van der Waals surface area contributed by atoms with Crippen molar-refractivity contribution in [2.45, 2.75) is 70.6 Å². The van der Waals surface area contributed by atoms with Gasteiger partial charge >= 0.3 is 5.63 Å². The van der Waals surface area contributed by atoms with E-state index < -0.39 is 21.6 Å². The molecular formula is C25H31NO6S. The van der Waals surface area contributed by atoms with Gasteiger partial charge in [-0.15, -0.1) is 0 Å². The zero-order chi connectivity index (χ0) is 23.6. The number of unbranched alkanes of at least 4 members (excludes halogenated alkanes) is 1. The fraction of sp³-hybridized carbons (Fsp3) is 0.520. The number of benzene rings is 1. The SMILES string of the molecule is CCCCS(=O)(=O)Nc1cccc(C(c2c(O)c3c(oc2=O)CCCCCC3=O)C2CC2)c1. The Morgan fingerprint density at radius 2 is 1.91 bits per heavy atom. The van der Waals surface area contributed by atoms with Gasteiger partial charge in [0.2, 0.25) is 10.0 Å². The molecule has 1 heterocycles. The second-order valence-electron chi connectivity index (χ2n) is 9.15. The number of hydrogen-bond donors (Lipinski definition) is 2. The van der Waals surface area contributed by atoms with Crippen LogP contribution in [0.25, 0.3) is 0 Å².